The molecule has 0 bridgehead atoms. The summed E-state index contributed by atoms with van der Waals surface area (Å²) in [4.78, 5) is 0. The normalized spacial score (nSPS) is 14.8. The molecule has 0 aliphatic heterocycles. The lowest BCUT2D eigenvalue weighted by Crippen LogP contribution is -2.35. The molecular formula is C17H24ClNO2. The lowest BCUT2D eigenvalue weighted by Gasteiger charge is -2.21. The van der Waals surface area contributed by atoms with Gasteiger partial charge in [-0.25, -0.2) is 0 Å². The van der Waals surface area contributed by atoms with Crippen LogP contribution >= 0.6 is 12.4 Å². The van der Waals surface area contributed by atoms with Crippen molar-refractivity contribution in [3.05, 3.63) is 29.0 Å². The van der Waals surface area contributed by atoms with E-state index in [0.717, 1.165) is 35.1 Å². The molecule has 0 saturated heterocycles. The topological polar surface area (TPSA) is 45.4 Å². The number of aryl methyl sites for hydroxylation is 2. The largest absolute Gasteiger partial charge is 0.508 e. The van der Waals surface area contributed by atoms with Gasteiger partial charge in [0.1, 0.15) is 17.1 Å². The quantitative estimate of drug-likeness (QED) is 0.868. The number of nitrogens with one attached hydrogen (secondary N) is 1. The molecule has 0 radical (unpaired) electrons. The van der Waals surface area contributed by atoms with Gasteiger partial charge in [-0.2, -0.15) is 0 Å². The van der Waals surface area contributed by atoms with Gasteiger partial charge in [-0.15, -0.1) is 12.4 Å². The Labute approximate surface area is 132 Å². The van der Waals surface area contributed by atoms with E-state index in [9.17, 15) is 5.11 Å². The Morgan fingerprint density at radius 3 is 2.62 bits per heavy atom. The van der Waals surface area contributed by atoms with Crippen LogP contribution in [0.15, 0.2) is 16.5 Å². The molecule has 4 heteroatoms. The first-order valence-corrected chi connectivity index (χ1v) is 7.46. The molecule has 1 aromatic heterocycles. The fraction of sp³-hybridized carbons (Fsp3) is 0.529. The lowest BCUT2D eigenvalue weighted by molar-refractivity contribution is 0.413. The van der Waals surface area contributed by atoms with E-state index in [2.05, 4.69) is 26.1 Å². The molecule has 0 unspecified atom stereocenters. The molecule has 0 atom stereocenters. The van der Waals surface area contributed by atoms with Crippen LogP contribution in [-0.4, -0.2) is 10.6 Å². The van der Waals surface area contributed by atoms with Gasteiger partial charge in [0.05, 0.1) is 0 Å². The monoisotopic (exact) mass is 309 g/mol. The number of hydrogen-bond acceptors (Lipinski definition) is 3. The third-order valence-corrected chi connectivity index (χ3v) is 4.00. The van der Waals surface area contributed by atoms with Gasteiger partial charge < -0.3 is 14.8 Å². The molecule has 1 aliphatic carbocycles. The maximum atomic E-state index is 10.2. The van der Waals surface area contributed by atoms with Gasteiger partial charge in [-0.05, 0) is 52.2 Å². The molecule has 3 nitrogen and oxygen atoms in total. The van der Waals surface area contributed by atoms with Crippen LogP contribution in [0.3, 0.4) is 0 Å². The fourth-order valence-electron chi connectivity index (χ4n) is 2.95. The SMILES string of the molecule is CC(C)(C)NCc1c(O)ccc2oc3c(c12)CCCC3.Cl. The summed E-state index contributed by atoms with van der Waals surface area (Å²) in [5, 5.41) is 14.8. The number of fused-ring (bicyclic) bond motifs is 3. The number of rotatable bonds is 2. The van der Waals surface area contributed by atoms with E-state index in [1.54, 1.807) is 6.07 Å². The summed E-state index contributed by atoms with van der Waals surface area (Å²) in [6, 6.07) is 3.64. The molecule has 0 saturated carbocycles. The van der Waals surface area contributed by atoms with Crippen molar-refractivity contribution < 1.29 is 9.52 Å². The molecule has 2 N–H and O–H groups in total. The first-order valence-electron chi connectivity index (χ1n) is 7.46. The zero-order valence-corrected chi connectivity index (χ0v) is 13.8. The Hall–Kier alpha value is -1.19. The van der Waals surface area contributed by atoms with Crippen LogP contribution in [0.4, 0.5) is 0 Å². The first kappa shape index (κ1) is 16.2. The van der Waals surface area contributed by atoms with Crippen molar-refractivity contribution in [3.8, 4) is 5.75 Å². The van der Waals surface area contributed by atoms with Gasteiger partial charge in [-0.1, -0.05) is 0 Å². The molecule has 116 valence electrons. The highest BCUT2D eigenvalue weighted by Gasteiger charge is 2.22. The third kappa shape index (κ3) is 3.19. The zero-order valence-electron chi connectivity index (χ0n) is 13.0. The second kappa shape index (κ2) is 5.90. The molecule has 0 amide bonds. The number of phenols is 1. The molecule has 0 fully saturated rings. The van der Waals surface area contributed by atoms with Gasteiger partial charge >= 0.3 is 0 Å². The second-order valence-electron chi connectivity index (χ2n) is 6.75. The first-order chi connectivity index (χ1) is 9.46. The van der Waals surface area contributed by atoms with E-state index in [1.165, 1.54) is 18.4 Å². The molecule has 21 heavy (non-hydrogen) atoms. The summed E-state index contributed by atoms with van der Waals surface area (Å²) in [7, 11) is 0. The second-order valence-corrected chi connectivity index (χ2v) is 6.75. The molecule has 1 heterocycles. The summed E-state index contributed by atoms with van der Waals surface area (Å²) in [5.41, 5.74) is 3.23. The van der Waals surface area contributed by atoms with Gasteiger partial charge in [0.2, 0.25) is 0 Å². The Morgan fingerprint density at radius 2 is 1.90 bits per heavy atom. The molecule has 0 spiro atoms. The van der Waals surface area contributed by atoms with E-state index in [4.69, 9.17) is 4.42 Å². The summed E-state index contributed by atoms with van der Waals surface area (Å²) in [6.45, 7) is 7.07. The molecule has 3 rings (SSSR count). The van der Waals surface area contributed by atoms with Crippen LogP contribution in [0, 0.1) is 0 Å². The minimum Gasteiger partial charge on any atom is -0.508 e. The van der Waals surface area contributed by atoms with Crippen LogP contribution in [0.25, 0.3) is 11.0 Å². The minimum absolute atomic E-state index is 0. The zero-order chi connectivity index (χ0) is 14.3. The average molecular weight is 310 g/mol. The Balaban J connectivity index is 0.00000161. The Morgan fingerprint density at radius 1 is 1.19 bits per heavy atom. The van der Waals surface area contributed by atoms with Crippen molar-refractivity contribution in [2.75, 3.05) is 0 Å². The standard InChI is InChI=1S/C17H23NO2.ClH/c1-17(2,3)18-10-12-13(19)8-9-15-16(12)11-6-4-5-7-14(11)20-15;/h8-9,18-19H,4-7,10H2,1-3H3;1H. The molecule has 1 aliphatic rings. The summed E-state index contributed by atoms with van der Waals surface area (Å²) in [5.74, 6) is 1.48. The van der Waals surface area contributed by atoms with Crippen molar-refractivity contribution in [1.82, 2.24) is 5.32 Å². The highest BCUT2D eigenvalue weighted by molar-refractivity contribution is 5.88. The predicted molar refractivity (Wildman–Crippen MR) is 88.4 cm³/mol. The minimum atomic E-state index is 0. The number of aromatic hydroxyl groups is 1. The maximum Gasteiger partial charge on any atom is 0.135 e. The van der Waals surface area contributed by atoms with Crippen LogP contribution in [0.1, 0.15) is 50.5 Å². The third-order valence-electron chi connectivity index (χ3n) is 4.00. The summed E-state index contributed by atoms with van der Waals surface area (Å²) >= 11 is 0. The smallest absolute Gasteiger partial charge is 0.135 e. The highest BCUT2D eigenvalue weighted by atomic mass is 35.5. The van der Waals surface area contributed by atoms with Crippen LogP contribution in [0.5, 0.6) is 5.75 Å². The number of benzene rings is 1. The molecule has 2 aromatic rings. The summed E-state index contributed by atoms with van der Waals surface area (Å²) < 4.78 is 5.98. The van der Waals surface area contributed by atoms with Crippen LogP contribution in [0.2, 0.25) is 0 Å². The number of halogens is 1. The van der Waals surface area contributed by atoms with Crippen LogP contribution < -0.4 is 5.32 Å². The fourth-order valence-corrected chi connectivity index (χ4v) is 2.95. The van der Waals surface area contributed by atoms with Gasteiger partial charge in [-0.3, -0.25) is 0 Å². The van der Waals surface area contributed by atoms with Crippen molar-refractivity contribution in [2.24, 2.45) is 0 Å². The van der Waals surface area contributed by atoms with E-state index in [0.29, 0.717) is 12.3 Å². The Kier molecular flexibility index (Phi) is 4.54. The number of hydrogen-bond donors (Lipinski definition) is 2. The molecule has 1 aromatic carbocycles. The maximum absolute atomic E-state index is 10.2. The lowest BCUT2D eigenvalue weighted by atomic mass is 9.93. The van der Waals surface area contributed by atoms with Crippen LogP contribution in [-0.2, 0) is 19.4 Å². The highest BCUT2D eigenvalue weighted by Crippen LogP contribution is 2.37. The number of furan rings is 1. The van der Waals surface area contributed by atoms with Crippen molar-refractivity contribution in [3.63, 3.8) is 0 Å². The Bertz CT molecular complexity index is 640. The average Bonchev–Trinajstić information content (AvgIpc) is 2.75. The van der Waals surface area contributed by atoms with Crippen molar-refractivity contribution in [1.29, 1.82) is 0 Å². The summed E-state index contributed by atoms with van der Waals surface area (Å²) in [6.07, 6.45) is 4.50. The van der Waals surface area contributed by atoms with Crippen molar-refractivity contribution in [2.45, 2.75) is 58.5 Å². The van der Waals surface area contributed by atoms with Gasteiger partial charge in [0, 0.05) is 35.0 Å². The van der Waals surface area contributed by atoms with E-state index in [1.807, 2.05) is 6.07 Å². The van der Waals surface area contributed by atoms with E-state index >= 15 is 0 Å². The van der Waals surface area contributed by atoms with Crippen molar-refractivity contribution >= 4 is 23.4 Å². The number of phenolic OH excluding ortho intramolecular Hbond substituents is 1. The van der Waals surface area contributed by atoms with Gasteiger partial charge in [0.15, 0.2) is 0 Å². The molecular weight excluding hydrogens is 286 g/mol. The predicted octanol–water partition coefficient (Wildman–Crippen LogP) is 4.33. The van der Waals surface area contributed by atoms with Gasteiger partial charge in [0.25, 0.3) is 0 Å². The van der Waals surface area contributed by atoms with E-state index < -0.39 is 0 Å². The van der Waals surface area contributed by atoms with E-state index in [-0.39, 0.29) is 17.9 Å².